The number of hydrogen-bond donors (Lipinski definition) is 1. The first-order chi connectivity index (χ1) is 8.65. The predicted octanol–water partition coefficient (Wildman–Crippen LogP) is 1.73. The number of carboxylic acids is 1. The average Bonchev–Trinajstić information content (AvgIpc) is 2.91. The van der Waals surface area contributed by atoms with E-state index >= 15 is 0 Å². The number of fused-ring (bicyclic) bond motifs is 1. The third-order valence-corrected chi connectivity index (χ3v) is 4.05. The Balaban J connectivity index is 1.95. The second kappa shape index (κ2) is 4.06. The lowest BCUT2D eigenvalue weighted by atomic mass is 10.1. The lowest BCUT2D eigenvalue weighted by Gasteiger charge is -2.10. The van der Waals surface area contributed by atoms with Gasteiger partial charge in [0.05, 0.1) is 16.1 Å². The minimum absolute atomic E-state index is 0.0608. The minimum atomic E-state index is -0.924. The SMILES string of the molecule is O=C(O)[C@H]1CC(=O)N(c2nc3ccccc3s2)C1. The predicted molar refractivity (Wildman–Crippen MR) is 67.7 cm³/mol. The maximum absolute atomic E-state index is 11.8. The molecule has 1 fully saturated rings. The van der Waals surface area contributed by atoms with Gasteiger partial charge in [0.1, 0.15) is 0 Å². The molecule has 0 saturated carbocycles. The molecule has 0 radical (unpaired) electrons. The van der Waals surface area contributed by atoms with E-state index < -0.39 is 11.9 Å². The molecule has 92 valence electrons. The largest absolute Gasteiger partial charge is 0.481 e. The summed E-state index contributed by atoms with van der Waals surface area (Å²) in [5, 5.41) is 9.53. The molecule has 3 rings (SSSR count). The smallest absolute Gasteiger partial charge is 0.308 e. The van der Waals surface area contributed by atoms with Gasteiger partial charge in [0, 0.05) is 13.0 Å². The number of nitrogens with zero attached hydrogens (tertiary/aromatic N) is 2. The molecule has 1 N–H and O–H groups in total. The van der Waals surface area contributed by atoms with Crippen LogP contribution in [0.25, 0.3) is 10.2 Å². The first-order valence-electron chi connectivity index (χ1n) is 5.54. The lowest BCUT2D eigenvalue weighted by Crippen LogP contribution is -2.25. The summed E-state index contributed by atoms with van der Waals surface area (Å²) in [5.74, 6) is -1.71. The first-order valence-corrected chi connectivity index (χ1v) is 6.35. The van der Waals surface area contributed by atoms with Crippen molar-refractivity contribution in [3.8, 4) is 0 Å². The summed E-state index contributed by atoms with van der Waals surface area (Å²) in [7, 11) is 0. The molecular formula is C12H10N2O3S. The minimum Gasteiger partial charge on any atom is -0.481 e. The first kappa shape index (κ1) is 11.2. The summed E-state index contributed by atoms with van der Waals surface area (Å²) in [6, 6.07) is 7.62. The highest BCUT2D eigenvalue weighted by Crippen LogP contribution is 2.32. The Morgan fingerprint density at radius 1 is 1.44 bits per heavy atom. The van der Waals surface area contributed by atoms with Crippen LogP contribution in [0.15, 0.2) is 24.3 Å². The van der Waals surface area contributed by atoms with Gasteiger partial charge in [-0.3, -0.25) is 14.5 Å². The highest BCUT2D eigenvalue weighted by atomic mass is 32.1. The number of carboxylic acid groups (broad SMARTS) is 1. The second-order valence-corrected chi connectivity index (χ2v) is 5.22. The summed E-state index contributed by atoms with van der Waals surface area (Å²) in [5.41, 5.74) is 0.837. The van der Waals surface area contributed by atoms with E-state index in [-0.39, 0.29) is 18.9 Å². The van der Waals surface area contributed by atoms with Gasteiger partial charge in [-0.05, 0) is 12.1 Å². The Bertz CT molecular complexity index is 604. The summed E-state index contributed by atoms with van der Waals surface area (Å²) in [6.45, 7) is 0.216. The van der Waals surface area contributed by atoms with Gasteiger partial charge < -0.3 is 5.11 Å². The molecule has 2 aromatic rings. The van der Waals surface area contributed by atoms with E-state index in [0.717, 1.165) is 10.2 Å². The molecule has 1 atom stereocenters. The molecule has 0 unspecified atom stereocenters. The third kappa shape index (κ3) is 1.74. The van der Waals surface area contributed by atoms with E-state index in [9.17, 15) is 9.59 Å². The van der Waals surface area contributed by atoms with Crippen LogP contribution in [-0.2, 0) is 9.59 Å². The molecule has 2 heterocycles. The molecule has 5 nitrogen and oxygen atoms in total. The van der Waals surface area contributed by atoms with Crippen LogP contribution in [0.5, 0.6) is 0 Å². The summed E-state index contributed by atoms with van der Waals surface area (Å²) in [4.78, 5) is 28.5. The number of thiazole rings is 1. The normalized spacial score (nSPS) is 19.7. The summed E-state index contributed by atoms with van der Waals surface area (Å²) < 4.78 is 0.999. The summed E-state index contributed by atoms with van der Waals surface area (Å²) >= 11 is 1.41. The number of aliphatic carboxylic acids is 1. The van der Waals surface area contributed by atoms with Crippen molar-refractivity contribution >= 4 is 38.6 Å². The lowest BCUT2D eigenvalue weighted by molar-refractivity contribution is -0.141. The maximum Gasteiger partial charge on any atom is 0.308 e. The molecule has 18 heavy (non-hydrogen) atoms. The second-order valence-electron chi connectivity index (χ2n) is 4.21. The molecule has 1 aliphatic rings. The Kier molecular flexibility index (Phi) is 2.52. The van der Waals surface area contributed by atoms with Crippen LogP contribution in [0.4, 0.5) is 5.13 Å². The van der Waals surface area contributed by atoms with Crippen LogP contribution in [-0.4, -0.2) is 28.5 Å². The third-order valence-electron chi connectivity index (χ3n) is 2.99. The van der Waals surface area contributed by atoms with Gasteiger partial charge >= 0.3 is 5.97 Å². The number of rotatable bonds is 2. The number of benzene rings is 1. The van der Waals surface area contributed by atoms with Crippen LogP contribution in [0.3, 0.4) is 0 Å². The number of carbonyl (C=O) groups excluding carboxylic acids is 1. The van der Waals surface area contributed by atoms with Gasteiger partial charge in [0.25, 0.3) is 0 Å². The van der Waals surface area contributed by atoms with Crippen molar-refractivity contribution in [3.05, 3.63) is 24.3 Å². The topological polar surface area (TPSA) is 70.5 Å². The standard InChI is InChI=1S/C12H10N2O3S/c15-10-5-7(11(16)17)6-14(10)12-13-8-3-1-2-4-9(8)18-12/h1-4,7H,5-6H2,(H,16,17)/t7-/m0/s1. The van der Waals surface area contributed by atoms with Gasteiger partial charge in [0.15, 0.2) is 5.13 Å². The molecule has 6 heteroatoms. The Morgan fingerprint density at radius 3 is 2.89 bits per heavy atom. The number of amides is 1. The Hall–Kier alpha value is -1.95. The molecule has 1 saturated heterocycles. The van der Waals surface area contributed by atoms with Gasteiger partial charge in [-0.2, -0.15) is 0 Å². The van der Waals surface area contributed by atoms with Gasteiger partial charge in [0.2, 0.25) is 5.91 Å². The zero-order valence-electron chi connectivity index (χ0n) is 9.37. The van der Waals surface area contributed by atoms with Crippen molar-refractivity contribution in [2.75, 3.05) is 11.4 Å². The van der Waals surface area contributed by atoms with Crippen molar-refractivity contribution in [2.24, 2.45) is 5.92 Å². The van der Waals surface area contributed by atoms with Gasteiger partial charge in [-0.25, -0.2) is 4.98 Å². The molecule has 1 amide bonds. The van der Waals surface area contributed by atoms with E-state index in [4.69, 9.17) is 5.11 Å². The number of aromatic nitrogens is 1. The molecule has 1 aromatic carbocycles. The molecular weight excluding hydrogens is 252 g/mol. The maximum atomic E-state index is 11.8. The number of para-hydroxylation sites is 1. The fourth-order valence-electron chi connectivity index (χ4n) is 2.03. The van der Waals surface area contributed by atoms with Crippen LogP contribution in [0.1, 0.15) is 6.42 Å². The van der Waals surface area contributed by atoms with Crippen molar-refractivity contribution < 1.29 is 14.7 Å². The van der Waals surface area contributed by atoms with Crippen molar-refractivity contribution in [1.29, 1.82) is 0 Å². The quantitative estimate of drug-likeness (QED) is 0.894. The molecule has 1 aliphatic heterocycles. The highest BCUT2D eigenvalue weighted by molar-refractivity contribution is 7.22. The van der Waals surface area contributed by atoms with E-state index in [1.807, 2.05) is 24.3 Å². The van der Waals surface area contributed by atoms with E-state index in [2.05, 4.69) is 4.98 Å². The number of anilines is 1. The zero-order valence-corrected chi connectivity index (χ0v) is 10.2. The van der Waals surface area contributed by atoms with Crippen LogP contribution in [0.2, 0.25) is 0 Å². The molecule has 0 bridgehead atoms. The zero-order chi connectivity index (χ0) is 12.7. The fourth-order valence-corrected chi connectivity index (χ4v) is 3.03. The van der Waals surface area contributed by atoms with Gasteiger partial charge in [-0.15, -0.1) is 0 Å². The molecule has 0 spiro atoms. The molecule has 1 aromatic heterocycles. The number of hydrogen-bond acceptors (Lipinski definition) is 4. The van der Waals surface area contributed by atoms with Crippen molar-refractivity contribution in [2.45, 2.75) is 6.42 Å². The molecule has 0 aliphatic carbocycles. The van der Waals surface area contributed by atoms with Crippen molar-refractivity contribution in [3.63, 3.8) is 0 Å². The van der Waals surface area contributed by atoms with E-state index in [1.165, 1.54) is 16.2 Å². The highest BCUT2D eigenvalue weighted by Gasteiger charge is 2.36. The van der Waals surface area contributed by atoms with Crippen molar-refractivity contribution in [1.82, 2.24) is 4.98 Å². The average molecular weight is 262 g/mol. The van der Waals surface area contributed by atoms with Crippen LogP contribution in [0, 0.1) is 5.92 Å². The fraction of sp³-hybridized carbons (Fsp3) is 0.250. The van der Waals surface area contributed by atoms with Gasteiger partial charge in [-0.1, -0.05) is 23.5 Å². The summed E-state index contributed by atoms with van der Waals surface area (Å²) in [6.07, 6.45) is 0.0608. The monoisotopic (exact) mass is 262 g/mol. The Morgan fingerprint density at radius 2 is 2.22 bits per heavy atom. The van der Waals surface area contributed by atoms with E-state index in [1.54, 1.807) is 0 Å². The van der Waals surface area contributed by atoms with Crippen LogP contribution < -0.4 is 4.90 Å². The number of carbonyl (C=O) groups is 2. The van der Waals surface area contributed by atoms with E-state index in [0.29, 0.717) is 5.13 Å². The Labute approximate surface area is 107 Å². The van der Waals surface area contributed by atoms with Crippen LogP contribution >= 0.6 is 11.3 Å².